The summed E-state index contributed by atoms with van der Waals surface area (Å²) in [4.78, 5) is 36.5. The van der Waals surface area contributed by atoms with Crippen LogP contribution in [0, 0.1) is 0 Å². The monoisotopic (exact) mass is 469 g/mol. The topological polar surface area (TPSA) is 118 Å². The van der Waals surface area contributed by atoms with E-state index in [1.807, 2.05) is 0 Å². The number of benzene rings is 1. The Morgan fingerprint density at radius 3 is 2.84 bits per heavy atom. The van der Waals surface area contributed by atoms with Crippen molar-refractivity contribution < 1.29 is 46.4 Å². The van der Waals surface area contributed by atoms with Crippen molar-refractivity contribution in [2.45, 2.75) is 44.8 Å². The molecule has 0 N–H and O–H groups in total. The number of hydrogen-bond acceptors (Lipinski definition) is 9. The molecule has 3 aliphatic rings. The van der Waals surface area contributed by atoms with E-state index in [-0.39, 0.29) is 31.8 Å². The second kappa shape index (κ2) is 9.21. The molecule has 0 bridgehead atoms. The second-order valence-electron chi connectivity index (χ2n) is 7.28. The summed E-state index contributed by atoms with van der Waals surface area (Å²) in [5.74, 6) is -3.06. The van der Waals surface area contributed by atoms with Gasteiger partial charge in [0.1, 0.15) is 18.4 Å². The first-order valence-corrected chi connectivity index (χ1v) is 11.5. The van der Waals surface area contributed by atoms with Crippen LogP contribution in [0.15, 0.2) is 36.3 Å². The van der Waals surface area contributed by atoms with Gasteiger partial charge in [-0.05, 0) is 18.6 Å². The average Bonchev–Trinajstić information content (AvgIpc) is 3.18. The molecular weight excluding hydrogens is 448 g/mol. The minimum absolute atomic E-state index is 0.0878. The van der Waals surface area contributed by atoms with E-state index >= 15 is 0 Å². The van der Waals surface area contributed by atoms with Gasteiger partial charge < -0.3 is 9.47 Å². The number of allylic oxidation sites excluding steroid dienone is 1. The molecule has 0 aliphatic carbocycles. The van der Waals surface area contributed by atoms with Gasteiger partial charge in [0.05, 0.1) is 31.8 Å². The van der Waals surface area contributed by atoms with Crippen molar-refractivity contribution in [3.63, 3.8) is 0 Å². The summed E-state index contributed by atoms with van der Waals surface area (Å²) in [6.45, 7) is 1.53. The van der Waals surface area contributed by atoms with Crippen molar-refractivity contribution in [1.82, 2.24) is 4.90 Å². The van der Waals surface area contributed by atoms with Crippen molar-refractivity contribution >= 4 is 25.5 Å². The van der Waals surface area contributed by atoms with Crippen LogP contribution < -0.4 is 0 Å². The van der Waals surface area contributed by atoms with Gasteiger partial charge in [-0.15, -0.1) is 0 Å². The Bertz CT molecular complexity index is 1010. The molecule has 2 fully saturated rings. The molecule has 12 heteroatoms. The Labute approximate surface area is 182 Å². The summed E-state index contributed by atoms with van der Waals surface area (Å²) in [6.07, 6.45) is -1.97. The normalized spacial score (nSPS) is 30.1. The number of rotatable bonds is 6. The van der Waals surface area contributed by atoms with Crippen LogP contribution in [0.25, 0.3) is 0 Å². The summed E-state index contributed by atoms with van der Waals surface area (Å²) in [7, 11) is -4.00. The number of amides is 1. The second-order valence-corrected chi connectivity index (χ2v) is 8.90. The molecule has 0 saturated carbocycles. The fraction of sp³-hybridized carbons (Fsp3) is 0.450. The zero-order valence-corrected chi connectivity index (χ0v) is 18.0. The minimum Gasteiger partial charge on any atom is -0.462 e. The van der Waals surface area contributed by atoms with Crippen molar-refractivity contribution in [3.05, 3.63) is 47.4 Å². The summed E-state index contributed by atoms with van der Waals surface area (Å²) in [6, 6.07) is 6.55. The van der Waals surface area contributed by atoms with Gasteiger partial charge in [0.25, 0.3) is 0 Å². The Kier molecular flexibility index (Phi) is 6.55. The number of phosphoric acid groups is 1. The minimum atomic E-state index is -4.00. The molecule has 4 atom stereocenters. The Morgan fingerprint density at radius 1 is 1.28 bits per heavy atom. The summed E-state index contributed by atoms with van der Waals surface area (Å²) in [5, 5.41) is 0. The third-order valence-electron chi connectivity index (χ3n) is 5.16. The van der Waals surface area contributed by atoms with Crippen LogP contribution in [0.2, 0.25) is 0 Å². The van der Waals surface area contributed by atoms with Crippen LogP contribution in [0.3, 0.4) is 0 Å². The molecule has 4 rings (SSSR count). The maximum absolute atomic E-state index is 13.7. The zero-order chi connectivity index (χ0) is 22.9. The van der Waals surface area contributed by atoms with E-state index in [0.717, 1.165) is 11.1 Å². The number of fused-ring (bicyclic) bond motifs is 1. The van der Waals surface area contributed by atoms with Crippen LogP contribution in [-0.4, -0.2) is 54.2 Å². The predicted octanol–water partition coefficient (Wildman–Crippen LogP) is 2.63. The van der Waals surface area contributed by atoms with Crippen LogP contribution >= 0.6 is 7.82 Å². The van der Waals surface area contributed by atoms with Gasteiger partial charge in [-0.3, -0.25) is 28.1 Å². The lowest BCUT2D eigenvalue weighted by molar-refractivity contribution is -0.146. The molecule has 1 aromatic carbocycles. The standard InChI is InChI=1S/C20H21FNO9P/c1-2-27-20(25)13-6-4-3-5-12(13)10-28-32(26)29-11-17-16(31-32)8-19(30-17)22-9-14(21)15(23)7-18(22)24/h3-6,9,16-17,19H,2,7-8,10-11H2,1H3/t16-,17+,19+,32?/m0/s1. The van der Waals surface area contributed by atoms with E-state index in [1.54, 1.807) is 31.2 Å². The van der Waals surface area contributed by atoms with E-state index in [9.17, 15) is 23.3 Å². The lowest BCUT2D eigenvalue weighted by atomic mass is 10.1. The van der Waals surface area contributed by atoms with Crippen molar-refractivity contribution in [2.24, 2.45) is 0 Å². The maximum Gasteiger partial charge on any atom is 0.475 e. The van der Waals surface area contributed by atoms with E-state index in [2.05, 4.69) is 0 Å². The van der Waals surface area contributed by atoms with Gasteiger partial charge in [0, 0.05) is 12.6 Å². The Hall–Kier alpha value is -2.43. The number of carbonyl (C=O) groups excluding carboxylic acids is 3. The molecule has 2 saturated heterocycles. The van der Waals surface area contributed by atoms with Gasteiger partial charge >= 0.3 is 13.8 Å². The largest absolute Gasteiger partial charge is 0.475 e. The van der Waals surface area contributed by atoms with Crippen LogP contribution in [0.5, 0.6) is 0 Å². The average molecular weight is 469 g/mol. The van der Waals surface area contributed by atoms with Gasteiger partial charge in [-0.1, -0.05) is 18.2 Å². The SMILES string of the molecule is CCOC(=O)c1ccccc1COP1(=O)OC[C@H]2O[C@@H](N3C=C(F)C(=O)CC3=O)C[C@@H]2O1. The number of ketones is 1. The first-order valence-electron chi connectivity index (χ1n) is 9.99. The molecule has 1 unspecified atom stereocenters. The summed E-state index contributed by atoms with van der Waals surface area (Å²) >= 11 is 0. The quantitative estimate of drug-likeness (QED) is 0.352. The molecule has 0 radical (unpaired) electrons. The van der Waals surface area contributed by atoms with E-state index < -0.39 is 56.2 Å². The lowest BCUT2D eigenvalue weighted by Crippen LogP contribution is -2.40. The molecule has 0 spiro atoms. The highest BCUT2D eigenvalue weighted by atomic mass is 31.2. The third kappa shape index (κ3) is 4.67. The summed E-state index contributed by atoms with van der Waals surface area (Å²) < 4.78 is 53.5. The van der Waals surface area contributed by atoms with Gasteiger partial charge in [-0.25, -0.2) is 13.8 Å². The maximum atomic E-state index is 13.7. The molecule has 172 valence electrons. The van der Waals surface area contributed by atoms with Gasteiger partial charge in [0.2, 0.25) is 11.7 Å². The highest BCUT2D eigenvalue weighted by Crippen LogP contribution is 2.56. The predicted molar refractivity (Wildman–Crippen MR) is 105 cm³/mol. The summed E-state index contributed by atoms with van der Waals surface area (Å²) in [5.41, 5.74) is 0.715. The molecule has 1 aromatic rings. The number of hydrogen-bond donors (Lipinski definition) is 0. The first kappa shape index (κ1) is 22.8. The van der Waals surface area contributed by atoms with Gasteiger partial charge in [-0.2, -0.15) is 0 Å². The number of halogens is 1. The molecule has 3 heterocycles. The number of phosphoric ester groups is 1. The fourth-order valence-electron chi connectivity index (χ4n) is 3.59. The van der Waals surface area contributed by atoms with Crippen LogP contribution in [0.4, 0.5) is 4.39 Å². The number of Topliss-reactive ketones (excluding diaryl/α,β-unsaturated/α-hetero) is 1. The third-order valence-corrected chi connectivity index (χ3v) is 6.60. The smallest absolute Gasteiger partial charge is 0.462 e. The molecule has 0 aromatic heterocycles. The highest BCUT2D eigenvalue weighted by Gasteiger charge is 2.49. The van der Waals surface area contributed by atoms with Crippen molar-refractivity contribution in [3.8, 4) is 0 Å². The van der Waals surface area contributed by atoms with Crippen LogP contribution in [0.1, 0.15) is 35.7 Å². The fourth-order valence-corrected chi connectivity index (χ4v) is 4.96. The van der Waals surface area contributed by atoms with E-state index in [1.165, 1.54) is 0 Å². The molecule has 32 heavy (non-hydrogen) atoms. The number of carbonyl (C=O) groups is 3. The highest BCUT2D eigenvalue weighted by molar-refractivity contribution is 7.48. The van der Waals surface area contributed by atoms with E-state index in [0.29, 0.717) is 5.56 Å². The molecular formula is C20H21FNO9P. The first-order chi connectivity index (χ1) is 15.3. The van der Waals surface area contributed by atoms with Crippen molar-refractivity contribution in [1.29, 1.82) is 0 Å². The number of ether oxygens (including phenoxy) is 2. The number of esters is 1. The molecule has 3 aliphatic heterocycles. The van der Waals surface area contributed by atoms with Crippen LogP contribution in [-0.2, 0) is 43.8 Å². The molecule has 10 nitrogen and oxygen atoms in total. The van der Waals surface area contributed by atoms with Gasteiger partial charge in [0.15, 0.2) is 5.83 Å². The van der Waals surface area contributed by atoms with E-state index in [4.69, 9.17) is 23.0 Å². The molecule has 1 amide bonds. The number of nitrogens with zero attached hydrogens (tertiary/aromatic N) is 1. The Balaban J connectivity index is 1.40. The lowest BCUT2D eigenvalue weighted by Gasteiger charge is -2.30. The zero-order valence-electron chi connectivity index (χ0n) is 17.1. The van der Waals surface area contributed by atoms with Crippen molar-refractivity contribution in [2.75, 3.05) is 13.2 Å². The Morgan fingerprint density at radius 2 is 2.06 bits per heavy atom.